The Morgan fingerprint density at radius 1 is 1.33 bits per heavy atom. The zero-order valence-corrected chi connectivity index (χ0v) is 13.6. The van der Waals surface area contributed by atoms with Crippen LogP contribution in [0.5, 0.6) is 5.75 Å². The minimum absolute atomic E-state index is 0.0926. The van der Waals surface area contributed by atoms with E-state index in [1.807, 2.05) is 0 Å². The smallest absolute Gasteiger partial charge is 0.175 e. The van der Waals surface area contributed by atoms with Crippen molar-refractivity contribution in [1.29, 1.82) is 0 Å². The second-order valence-corrected chi connectivity index (χ2v) is 7.56. The summed E-state index contributed by atoms with van der Waals surface area (Å²) >= 11 is 6.12. The molecular formula is C14H19ClO5S. The van der Waals surface area contributed by atoms with Gasteiger partial charge in [0.15, 0.2) is 9.84 Å². The average molecular weight is 335 g/mol. The summed E-state index contributed by atoms with van der Waals surface area (Å²) in [5, 5.41) is -0.0926. The van der Waals surface area contributed by atoms with Crippen molar-refractivity contribution in [3.05, 3.63) is 24.3 Å². The van der Waals surface area contributed by atoms with Crippen LogP contribution in [0.25, 0.3) is 0 Å². The Balaban J connectivity index is 1.98. The predicted octanol–water partition coefficient (Wildman–Crippen LogP) is 1.88. The van der Waals surface area contributed by atoms with Crippen molar-refractivity contribution in [3.8, 4) is 5.75 Å². The average Bonchev–Trinajstić information content (AvgIpc) is 2.42. The lowest BCUT2D eigenvalue weighted by Crippen LogP contribution is -2.53. The molecule has 3 atom stereocenters. The minimum Gasteiger partial charge on any atom is -0.488 e. The summed E-state index contributed by atoms with van der Waals surface area (Å²) in [7, 11) is -1.64. The van der Waals surface area contributed by atoms with Crippen LogP contribution in [0.3, 0.4) is 0 Å². The van der Waals surface area contributed by atoms with E-state index >= 15 is 0 Å². The van der Waals surface area contributed by atoms with E-state index in [0.717, 1.165) is 0 Å². The van der Waals surface area contributed by atoms with Crippen molar-refractivity contribution in [1.82, 2.24) is 0 Å². The summed E-state index contributed by atoms with van der Waals surface area (Å²) in [6, 6.07) is 6.44. The molecule has 21 heavy (non-hydrogen) atoms. The first-order valence-corrected chi connectivity index (χ1v) is 8.96. The van der Waals surface area contributed by atoms with E-state index in [1.165, 1.54) is 12.3 Å². The first-order chi connectivity index (χ1) is 9.91. The molecule has 5 nitrogen and oxygen atoms in total. The van der Waals surface area contributed by atoms with Gasteiger partial charge in [0.25, 0.3) is 0 Å². The Morgan fingerprint density at radius 2 is 2.10 bits per heavy atom. The van der Waals surface area contributed by atoms with Gasteiger partial charge in [-0.25, -0.2) is 8.42 Å². The maximum atomic E-state index is 11.5. The molecule has 0 spiro atoms. The number of alkyl halides is 1. The van der Waals surface area contributed by atoms with E-state index in [2.05, 4.69) is 0 Å². The molecule has 0 N–H and O–H groups in total. The molecule has 0 radical (unpaired) electrons. The van der Waals surface area contributed by atoms with Crippen LogP contribution < -0.4 is 4.74 Å². The second kappa shape index (κ2) is 6.96. The quantitative estimate of drug-likeness (QED) is 0.563. The fraction of sp³-hybridized carbons (Fsp3) is 0.571. The van der Waals surface area contributed by atoms with Crippen LogP contribution in [0.1, 0.15) is 6.42 Å². The molecule has 1 aromatic carbocycles. The number of methoxy groups -OCH3 is 1. The van der Waals surface area contributed by atoms with Crippen LogP contribution >= 0.6 is 11.6 Å². The molecule has 1 aromatic rings. The number of hydrogen-bond acceptors (Lipinski definition) is 5. The van der Waals surface area contributed by atoms with Gasteiger partial charge in [-0.1, -0.05) is 6.07 Å². The van der Waals surface area contributed by atoms with Gasteiger partial charge in [0, 0.05) is 19.8 Å². The van der Waals surface area contributed by atoms with Crippen molar-refractivity contribution in [3.63, 3.8) is 0 Å². The van der Waals surface area contributed by atoms with Gasteiger partial charge in [-0.3, -0.25) is 0 Å². The van der Waals surface area contributed by atoms with Gasteiger partial charge in [-0.2, -0.15) is 0 Å². The lowest BCUT2D eigenvalue weighted by Gasteiger charge is -2.40. The van der Waals surface area contributed by atoms with E-state index < -0.39 is 9.84 Å². The van der Waals surface area contributed by atoms with Crippen LogP contribution in [0.2, 0.25) is 0 Å². The molecule has 0 bridgehead atoms. The molecule has 0 aromatic heterocycles. The SMILES string of the molecule is COCCOC1C(Cl)CC1Oc1cccc(S(C)(=O)=O)c1. The van der Waals surface area contributed by atoms with Crippen LogP contribution in [0.15, 0.2) is 29.2 Å². The summed E-state index contributed by atoms with van der Waals surface area (Å²) in [5.74, 6) is 0.506. The van der Waals surface area contributed by atoms with Crippen LogP contribution in [0.4, 0.5) is 0 Å². The lowest BCUT2D eigenvalue weighted by atomic mass is 9.91. The van der Waals surface area contributed by atoms with Crippen molar-refractivity contribution in [2.45, 2.75) is 28.9 Å². The molecule has 0 aliphatic heterocycles. The molecule has 1 aliphatic rings. The summed E-state index contributed by atoms with van der Waals surface area (Å²) in [6.07, 6.45) is 1.46. The van der Waals surface area contributed by atoms with Gasteiger partial charge in [0.1, 0.15) is 18.0 Å². The van der Waals surface area contributed by atoms with E-state index in [0.29, 0.717) is 25.4 Å². The maximum Gasteiger partial charge on any atom is 0.175 e. The Bertz CT molecular complexity index is 574. The third-order valence-electron chi connectivity index (χ3n) is 3.30. The molecule has 0 amide bonds. The topological polar surface area (TPSA) is 61.8 Å². The summed E-state index contributed by atoms with van der Waals surface area (Å²) in [5.41, 5.74) is 0. The van der Waals surface area contributed by atoms with E-state index in [9.17, 15) is 8.42 Å². The van der Waals surface area contributed by atoms with Gasteiger partial charge in [-0.05, 0) is 18.2 Å². The Labute approximate surface area is 130 Å². The molecule has 7 heteroatoms. The van der Waals surface area contributed by atoms with Crippen LogP contribution in [0, 0.1) is 0 Å². The monoisotopic (exact) mass is 334 g/mol. The Kier molecular flexibility index (Phi) is 5.48. The standard InChI is InChI=1S/C14H19ClO5S/c1-18-6-7-19-14-12(15)9-13(14)20-10-4-3-5-11(8-10)21(2,16)17/h3-5,8,12-14H,6-7,9H2,1-2H3. The number of ether oxygens (including phenoxy) is 3. The summed E-state index contributed by atoms with van der Waals surface area (Å²) in [6.45, 7) is 0.948. The molecule has 1 saturated carbocycles. The second-order valence-electron chi connectivity index (χ2n) is 4.98. The molecule has 1 aliphatic carbocycles. The zero-order valence-electron chi connectivity index (χ0n) is 12.0. The first-order valence-electron chi connectivity index (χ1n) is 6.63. The van der Waals surface area contributed by atoms with Gasteiger partial charge in [-0.15, -0.1) is 11.6 Å². The van der Waals surface area contributed by atoms with Gasteiger partial charge < -0.3 is 14.2 Å². The van der Waals surface area contributed by atoms with E-state index in [1.54, 1.807) is 25.3 Å². The Morgan fingerprint density at radius 3 is 2.71 bits per heavy atom. The van der Waals surface area contributed by atoms with Gasteiger partial charge in [0.2, 0.25) is 0 Å². The number of hydrogen-bond donors (Lipinski definition) is 0. The van der Waals surface area contributed by atoms with E-state index in [-0.39, 0.29) is 22.5 Å². The fourth-order valence-corrected chi connectivity index (χ4v) is 3.14. The zero-order chi connectivity index (χ0) is 15.5. The fourth-order valence-electron chi connectivity index (χ4n) is 2.07. The largest absolute Gasteiger partial charge is 0.488 e. The highest BCUT2D eigenvalue weighted by molar-refractivity contribution is 7.90. The number of halogens is 1. The first kappa shape index (κ1) is 16.5. The number of rotatable bonds is 7. The van der Waals surface area contributed by atoms with E-state index in [4.69, 9.17) is 25.8 Å². The molecule has 0 heterocycles. The third-order valence-corrected chi connectivity index (χ3v) is 4.84. The molecule has 3 unspecified atom stereocenters. The Hall–Kier alpha value is -0.820. The highest BCUT2D eigenvalue weighted by atomic mass is 35.5. The van der Waals surface area contributed by atoms with Gasteiger partial charge in [0.05, 0.1) is 23.5 Å². The third kappa shape index (κ3) is 4.32. The van der Waals surface area contributed by atoms with Crippen molar-refractivity contribution >= 4 is 21.4 Å². The molecule has 2 rings (SSSR count). The normalized spacial score (nSPS) is 25.4. The molecular weight excluding hydrogens is 316 g/mol. The van der Waals surface area contributed by atoms with Gasteiger partial charge >= 0.3 is 0 Å². The minimum atomic E-state index is -3.25. The van der Waals surface area contributed by atoms with Crippen LogP contribution in [-0.4, -0.2) is 52.6 Å². The molecule has 118 valence electrons. The van der Waals surface area contributed by atoms with Crippen LogP contribution in [-0.2, 0) is 19.3 Å². The summed E-state index contributed by atoms with van der Waals surface area (Å²) < 4.78 is 39.4. The lowest BCUT2D eigenvalue weighted by molar-refractivity contribution is -0.0898. The van der Waals surface area contributed by atoms with Crippen molar-refractivity contribution in [2.24, 2.45) is 0 Å². The number of sulfone groups is 1. The van der Waals surface area contributed by atoms with Crippen molar-refractivity contribution in [2.75, 3.05) is 26.6 Å². The van der Waals surface area contributed by atoms with Crippen molar-refractivity contribution < 1.29 is 22.6 Å². The highest BCUT2D eigenvalue weighted by Gasteiger charge is 2.42. The highest BCUT2D eigenvalue weighted by Crippen LogP contribution is 2.33. The predicted molar refractivity (Wildman–Crippen MR) is 79.8 cm³/mol. The maximum absolute atomic E-state index is 11.5. The number of benzene rings is 1. The molecule has 0 saturated heterocycles. The molecule has 1 fully saturated rings. The summed E-state index contributed by atoms with van der Waals surface area (Å²) in [4.78, 5) is 0.235.